The summed E-state index contributed by atoms with van der Waals surface area (Å²) in [6.45, 7) is 8.47. The van der Waals surface area contributed by atoms with E-state index in [9.17, 15) is 0 Å². The molecule has 32 heavy (non-hydrogen) atoms. The molecule has 2 aromatic rings. The molecule has 0 spiro atoms. The zero-order valence-electron chi connectivity index (χ0n) is 18.8. The Morgan fingerprint density at radius 1 is 1.16 bits per heavy atom. The number of hydrogen-bond donors (Lipinski definition) is 1. The number of fused-ring (bicyclic) bond motifs is 1. The summed E-state index contributed by atoms with van der Waals surface area (Å²) in [6, 6.07) is 5.56. The Hall–Kier alpha value is -3.22. The highest BCUT2D eigenvalue weighted by molar-refractivity contribution is 6.05. The van der Waals surface area contributed by atoms with Gasteiger partial charge in [0.05, 0.1) is 6.54 Å². The van der Waals surface area contributed by atoms with E-state index < -0.39 is 0 Å². The van der Waals surface area contributed by atoms with Crippen molar-refractivity contribution in [2.45, 2.75) is 40.0 Å². The van der Waals surface area contributed by atoms with Gasteiger partial charge < -0.3 is 15.0 Å². The highest BCUT2D eigenvalue weighted by Gasteiger charge is 2.28. The summed E-state index contributed by atoms with van der Waals surface area (Å²) in [5, 5.41) is 3.30. The minimum atomic E-state index is -0.372. The van der Waals surface area contributed by atoms with Gasteiger partial charge in [-0.1, -0.05) is 17.7 Å². The molecule has 5 rings (SSSR count). The monoisotopic (exact) mass is 433 g/mol. The number of nitrogens with zero attached hydrogens (tertiary/aromatic N) is 4. The summed E-state index contributed by atoms with van der Waals surface area (Å²) >= 11 is 0. The first-order chi connectivity index (χ1) is 15.5. The number of anilines is 2. The summed E-state index contributed by atoms with van der Waals surface area (Å²) in [5.41, 5.74) is 4.09. The predicted octanol–water partition coefficient (Wildman–Crippen LogP) is 5.37. The molecule has 0 saturated heterocycles. The Bertz CT molecular complexity index is 1150. The number of halogens is 1. The van der Waals surface area contributed by atoms with Crippen LogP contribution in [0.2, 0.25) is 0 Å². The second-order valence-electron chi connectivity index (χ2n) is 8.61. The second kappa shape index (κ2) is 8.37. The van der Waals surface area contributed by atoms with Crippen molar-refractivity contribution >= 4 is 23.5 Å². The maximum absolute atomic E-state index is 15.1. The van der Waals surface area contributed by atoms with Crippen molar-refractivity contribution in [2.75, 3.05) is 29.9 Å². The first-order valence-corrected chi connectivity index (χ1v) is 11.4. The molecule has 0 amide bonds. The van der Waals surface area contributed by atoms with Gasteiger partial charge in [-0.15, -0.1) is 0 Å². The number of ether oxygens (including phenoxy) is 1. The summed E-state index contributed by atoms with van der Waals surface area (Å²) < 4.78 is 21.0. The van der Waals surface area contributed by atoms with E-state index in [0.717, 1.165) is 48.8 Å². The Morgan fingerprint density at radius 3 is 2.72 bits per heavy atom. The van der Waals surface area contributed by atoms with E-state index in [1.165, 1.54) is 18.4 Å². The third kappa shape index (κ3) is 4.11. The molecule has 0 radical (unpaired) electrons. The van der Waals surface area contributed by atoms with Crippen molar-refractivity contribution in [3.8, 4) is 11.8 Å². The van der Waals surface area contributed by atoms with Gasteiger partial charge >= 0.3 is 6.01 Å². The lowest BCUT2D eigenvalue weighted by Crippen LogP contribution is -2.23. The molecule has 166 valence electrons. The molecule has 1 saturated carbocycles. The van der Waals surface area contributed by atoms with E-state index in [-0.39, 0.29) is 17.6 Å². The first-order valence-electron chi connectivity index (χ1n) is 11.4. The zero-order valence-corrected chi connectivity index (χ0v) is 18.8. The molecule has 1 N–H and O–H groups in total. The standard InChI is InChI=1S/C25H28FN5O/c1-4-31(5-2)23-13-22(28-21-12-18(14-27-21)16-6-7-16)29-25(30-23)32-20-9-8-17-10-15(3)11-19(17)24(20)26/h8-9,11-13,16H,4-7,10,14H2,1-3H3,(H,27,28,29,30). The molecule has 2 aliphatic carbocycles. The highest BCUT2D eigenvalue weighted by atomic mass is 19.1. The van der Waals surface area contributed by atoms with Gasteiger partial charge in [-0.05, 0) is 69.2 Å². The minimum absolute atomic E-state index is 0.111. The predicted molar refractivity (Wildman–Crippen MR) is 126 cm³/mol. The summed E-state index contributed by atoms with van der Waals surface area (Å²) in [6.07, 6.45) is 7.28. The van der Waals surface area contributed by atoms with Gasteiger partial charge in [-0.3, -0.25) is 4.99 Å². The molecule has 1 aromatic carbocycles. The SMILES string of the molecule is CCN(CC)c1cc(NC2=NCC(C3CC3)=C2)nc(Oc2ccc3c(c2F)C=C(C)C3)n1. The number of allylic oxidation sites excluding steroid dienone is 1. The fraction of sp³-hybridized carbons (Fsp3) is 0.400. The maximum Gasteiger partial charge on any atom is 0.326 e. The van der Waals surface area contributed by atoms with Gasteiger partial charge in [0, 0.05) is 24.7 Å². The van der Waals surface area contributed by atoms with Crippen LogP contribution in [-0.2, 0) is 6.42 Å². The summed E-state index contributed by atoms with van der Waals surface area (Å²) in [4.78, 5) is 15.8. The Labute approximate surface area is 187 Å². The van der Waals surface area contributed by atoms with Crippen LogP contribution in [0, 0.1) is 11.7 Å². The van der Waals surface area contributed by atoms with Crippen LogP contribution in [0.5, 0.6) is 11.8 Å². The van der Waals surface area contributed by atoms with E-state index in [1.54, 1.807) is 6.07 Å². The lowest BCUT2D eigenvalue weighted by Gasteiger charge is -2.21. The molecule has 1 fully saturated rings. The highest BCUT2D eigenvalue weighted by Crippen LogP contribution is 2.38. The lowest BCUT2D eigenvalue weighted by molar-refractivity contribution is 0.411. The second-order valence-corrected chi connectivity index (χ2v) is 8.61. The number of rotatable bonds is 7. The third-order valence-corrected chi connectivity index (χ3v) is 6.19. The van der Waals surface area contributed by atoms with Crippen LogP contribution in [-0.4, -0.2) is 35.4 Å². The van der Waals surface area contributed by atoms with Crippen LogP contribution in [0.1, 0.15) is 44.7 Å². The molecule has 0 unspecified atom stereocenters. The van der Waals surface area contributed by atoms with E-state index in [1.807, 2.05) is 25.1 Å². The summed E-state index contributed by atoms with van der Waals surface area (Å²) in [5.74, 6) is 2.56. The van der Waals surface area contributed by atoms with E-state index in [2.05, 4.69) is 45.1 Å². The zero-order chi connectivity index (χ0) is 22.2. The van der Waals surface area contributed by atoms with Crippen molar-refractivity contribution in [2.24, 2.45) is 10.9 Å². The van der Waals surface area contributed by atoms with Crippen molar-refractivity contribution in [3.05, 3.63) is 52.4 Å². The van der Waals surface area contributed by atoms with Gasteiger partial charge in [0.2, 0.25) is 0 Å². The van der Waals surface area contributed by atoms with Gasteiger partial charge in [0.25, 0.3) is 0 Å². The molecule has 2 heterocycles. The molecule has 0 atom stereocenters. The number of nitrogens with one attached hydrogen (secondary N) is 1. The van der Waals surface area contributed by atoms with Crippen LogP contribution in [0.4, 0.5) is 16.0 Å². The third-order valence-electron chi connectivity index (χ3n) is 6.19. The fourth-order valence-corrected chi connectivity index (χ4v) is 4.28. The quantitative estimate of drug-likeness (QED) is 0.636. The first kappa shape index (κ1) is 20.7. The number of aliphatic imine (C=N–C) groups is 1. The van der Waals surface area contributed by atoms with E-state index >= 15 is 4.39 Å². The van der Waals surface area contributed by atoms with Crippen LogP contribution < -0.4 is 15.0 Å². The van der Waals surface area contributed by atoms with Crippen molar-refractivity contribution in [1.29, 1.82) is 0 Å². The Balaban J connectivity index is 1.45. The topological polar surface area (TPSA) is 62.6 Å². The van der Waals surface area contributed by atoms with Gasteiger partial charge in [-0.2, -0.15) is 9.97 Å². The number of hydrogen-bond acceptors (Lipinski definition) is 6. The Morgan fingerprint density at radius 2 is 1.97 bits per heavy atom. The largest absolute Gasteiger partial charge is 0.421 e. The molecule has 0 bridgehead atoms. The normalized spacial score (nSPS) is 16.9. The fourth-order valence-electron chi connectivity index (χ4n) is 4.28. The molecular weight excluding hydrogens is 405 g/mol. The molecule has 3 aliphatic rings. The summed E-state index contributed by atoms with van der Waals surface area (Å²) in [7, 11) is 0. The lowest BCUT2D eigenvalue weighted by atomic mass is 10.1. The number of benzene rings is 1. The maximum atomic E-state index is 15.1. The Kier molecular flexibility index (Phi) is 5.41. The van der Waals surface area contributed by atoms with Crippen LogP contribution in [0.25, 0.3) is 6.08 Å². The smallest absolute Gasteiger partial charge is 0.326 e. The average Bonchev–Trinajstić information content (AvgIpc) is 3.40. The van der Waals surface area contributed by atoms with Crippen molar-refractivity contribution < 1.29 is 9.13 Å². The minimum Gasteiger partial charge on any atom is -0.421 e. The van der Waals surface area contributed by atoms with Crippen LogP contribution in [0.3, 0.4) is 0 Å². The number of aromatic nitrogens is 2. The molecule has 7 heteroatoms. The average molecular weight is 434 g/mol. The number of amidine groups is 1. The van der Waals surface area contributed by atoms with Crippen molar-refractivity contribution in [3.63, 3.8) is 0 Å². The molecule has 6 nitrogen and oxygen atoms in total. The van der Waals surface area contributed by atoms with Gasteiger partial charge in [0.1, 0.15) is 17.5 Å². The molecule has 1 aromatic heterocycles. The van der Waals surface area contributed by atoms with E-state index in [4.69, 9.17) is 4.74 Å². The van der Waals surface area contributed by atoms with Gasteiger partial charge in [-0.25, -0.2) is 4.39 Å². The van der Waals surface area contributed by atoms with Crippen molar-refractivity contribution in [1.82, 2.24) is 9.97 Å². The van der Waals surface area contributed by atoms with Crippen LogP contribution >= 0.6 is 0 Å². The molecule has 1 aliphatic heterocycles. The van der Waals surface area contributed by atoms with Crippen LogP contribution in [0.15, 0.2) is 40.4 Å². The van der Waals surface area contributed by atoms with E-state index in [0.29, 0.717) is 17.3 Å². The van der Waals surface area contributed by atoms with Gasteiger partial charge in [0.15, 0.2) is 11.6 Å². The molecular formula is C25H28FN5O.